The van der Waals surface area contributed by atoms with Crippen molar-refractivity contribution in [3.8, 4) is 0 Å². The Labute approximate surface area is 104 Å². The third kappa shape index (κ3) is 212. The fourth-order valence-corrected chi connectivity index (χ4v) is 0. The van der Waals surface area contributed by atoms with Crippen molar-refractivity contribution >= 4 is 0 Å². The van der Waals surface area contributed by atoms with Gasteiger partial charge in [-0.05, 0) is 55.4 Å². The van der Waals surface area contributed by atoms with Crippen LogP contribution in [0.15, 0.2) is 48.6 Å². The fourth-order valence-electron chi connectivity index (χ4n) is 0. The van der Waals surface area contributed by atoms with Crippen molar-refractivity contribution in [1.82, 2.24) is 0 Å². The quantitative estimate of drug-likeness (QED) is 0.422. The van der Waals surface area contributed by atoms with Crippen molar-refractivity contribution in [3.05, 3.63) is 48.6 Å². The monoisotopic (exact) mass is 224 g/mol. The average Bonchev–Trinajstić information content (AvgIpc) is 2.39. The van der Waals surface area contributed by atoms with Crippen molar-refractivity contribution in [2.45, 2.75) is 55.4 Å². The Hall–Kier alpha value is -1.04. The number of hydrogen-bond donors (Lipinski definition) is 0. The molecule has 0 aliphatic rings. The van der Waals surface area contributed by atoms with Crippen LogP contribution in [0.1, 0.15) is 55.4 Å². The van der Waals surface area contributed by atoms with E-state index in [9.17, 15) is 0 Å². The lowest BCUT2D eigenvalue weighted by atomic mass is 10.6. The molecule has 0 spiro atoms. The zero-order chi connectivity index (χ0) is 13.7. The van der Waals surface area contributed by atoms with Crippen molar-refractivity contribution in [2.24, 2.45) is 0 Å². The second-order valence-corrected chi connectivity index (χ2v) is 2.67. The Balaban J connectivity index is -0.0000000600. The first-order valence-electron chi connectivity index (χ1n) is 5.95. The lowest BCUT2D eigenvalue weighted by Crippen LogP contribution is -1.26. The molecule has 0 N–H and O–H groups in total. The van der Waals surface area contributed by atoms with Crippen LogP contribution in [0.3, 0.4) is 0 Å². The second kappa shape index (κ2) is 48.4. The van der Waals surface area contributed by atoms with Gasteiger partial charge in [-0.1, -0.05) is 48.6 Å². The topological polar surface area (TPSA) is 0 Å². The summed E-state index contributed by atoms with van der Waals surface area (Å²) < 4.78 is 0. The highest BCUT2D eigenvalue weighted by Gasteiger charge is 1.35. The maximum atomic E-state index is 2.00. The van der Waals surface area contributed by atoms with E-state index in [2.05, 4.69) is 0 Å². The SMILES string of the molecule is C/C=C\C.C/C=C\C.C/C=C\C.C/C=C\C. The van der Waals surface area contributed by atoms with Crippen molar-refractivity contribution in [1.29, 1.82) is 0 Å². The van der Waals surface area contributed by atoms with Gasteiger partial charge in [-0.3, -0.25) is 0 Å². The maximum Gasteiger partial charge on any atom is -0.0470 e. The predicted molar refractivity (Wildman–Crippen MR) is 82.0 cm³/mol. The van der Waals surface area contributed by atoms with Gasteiger partial charge >= 0.3 is 0 Å². The number of hydrogen-bond acceptors (Lipinski definition) is 0. The molecule has 0 aliphatic carbocycles. The summed E-state index contributed by atoms with van der Waals surface area (Å²) in [6.45, 7) is 16.0. The first kappa shape index (κ1) is 24.3. The van der Waals surface area contributed by atoms with E-state index in [1.165, 1.54) is 0 Å². The molecular formula is C16H32. The Kier molecular flexibility index (Phi) is 73.4. The van der Waals surface area contributed by atoms with Crippen LogP contribution < -0.4 is 0 Å². The van der Waals surface area contributed by atoms with Gasteiger partial charge in [-0.25, -0.2) is 0 Å². The van der Waals surface area contributed by atoms with E-state index in [1.54, 1.807) is 0 Å². The Bertz CT molecular complexity index is 101. The number of rotatable bonds is 0. The summed E-state index contributed by atoms with van der Waals surface area (Å²) >= 11 is 0. The summed E-state index contributed by atoms with van der Waals surface area (Å²) in [6, 6.07) is 0. The molecule has 0 radical (unpaired) electrons. The molecule has 0 aromatic carbocycles. The van der Waals surface area contributed by atoms with Crippen molar-refractivity contribution in [2.75, 3.05) is 0 Å². The molecule has 0 heterocycles. The first-order valence-corrected chi connectivity index (χ1v) is 5.95. The minimum atomic E-state index is 2.00. The normalized spacial score (nSPS) is 9.50. The molecule has 0 rings (SSSR count). The largest absolute Gasteiger partial charge is 0.0919 e. The molecule has 0 fully saturated rings. The van der Waals surface area contributed by atoms with Gasteiger partial charge in [0.1, 0.15) is 0 Å². The first-order chi connectivity index (χ1) is 7.66. The third-order valence-electron chi connectivity index (χ3n) is 1.33. The van der Waals surface area contributed by atoms with Gasteiger partial charge in [0.05, 0.1) is 0 Å². The third-order valence-corrected chi connectivity index (χ3v) is 1.33. The molecular weight excluding hydrogens is 192 g/mol. The average molecular weight is 224 g/mol. The molecule has 0 bridgehead atoms. The summed E-state index contributed by atoms with van der Waals surface area (Å²) in [4.78, 5) is 0. The maximum absolute atomic E-state index is 2.00. The molecule has 0 nitrogen and oxygen atoms in total. The van der Waals surface area contributed by atoms with E-state index in [1.807, 2.05) is 104 Å². The molecule has 0 saturated carbocycles. The fraction of sp³-hybridized carbons (Fsp3) is 0.500. The molecule has 0 aromatic heterocycles. The van der Waals surface area contributed by atoms with Crippen LogP contribution >= 0.6 is 0 Å². The van der Waals surface area contributed by atoms with E-state index in [4.69, 9.17) is 0 Å². The number of allylic oxidation sites excluding steroid dienone is 8. The van der Waals surface area contributed by atoms with E-state index >= 15 is 0 Å². The summed E-state index contributed by atoms with van der Waals surface area (Å²) in [5, 5.41) is 0. The van der Waals surface area contributed by atoms with Crippen LogP contribution in [0.4, 0.5) is 0 Å². The second-order valence-electron chi connectivity index (χ2n) is 2.67. The van der Waals surface area contributed by atoms with Crippen LogP contribution in [0.5, 0.6) is 0 Å². The molecule has 0 saturated heterocycles. The lowest BCUT2D eigenvalue weighted by Gasteiger charge is -1.49. The van der Waals surface area contributed by atoms with Gasteiger partial charge in [-0.2, -0.15) is 0 Å². The standard InChI is InChI=1S/4C4H8/c4*1-3-4-2/h4*3-4H,1-2H3/b4*4-3-. The minimum Gasteiger partial charge on any atom is -0.0919 e. The van der Waals surface area contributed by atoms with Crippen LogP contribution in [-0.2, 0) is 0 Å². The Morgan fingerprint density at radius 3 is 0.312 bits per heavy atom. The summed E-state index contributed by atoms with van der Waals surface area (Å²) in [5.41, 5.74) is 0. The van der Waals surface area contributed by atoms with E-state index < -0.39 is 0 Å². The molecule has 0 amide bonds. The van der Waals surface area contributed by atoms with Gasteiger partial charge in [0, 0.05) is 0 Å². The summed E-state index contributed by atoms with van der Waals surface area (Å²) in [5.74, 6) is 0. The van der Waals surface area contributed by atoms with E-state index in [0.29, 0.717) is 0 Å². The van der Waals surface area contributed by atoms with Crippen LogP contribution in [0, 0.1) is 0 Å². The van der Waals surface area contributed by atoms with Gasteiger partial charge in [0.25, 0.3) is 0 Å². The molecule has 0 heteroatoms. The molecule has 0 unspecified atom stereocenters. The molecule has 0 aromatic rings. The zero-order valence-corrected chi connectivity index (χ0v) is 12.6. The predicted octanol–water partition coefficient (Wildman–Crippen LogP) is 6.33. The summed E-state index contributed by atoms with van der Waals surface area (Å²) in [7, 11) is 0. The van der Waals surface area contributed by atoms with Crippen LogP contribution in [0.25, 0.3) is 0 Å². The van der Waals surface area contributed by atoms with Crippen LogP contribution in [-0.4, -0.2) is 0 Å². The molecule has 96 valence electrons. The highest BCUT2D eigenvalue weighted by atomic mass is 13.4. The summed E-state index contributed by atoms with van der Waals surface area (Å²) in [6.07, 6.45) is 16.0. The highest BCUT2D eigenvalue weighted by Crippen LogP contribution is 1.58. The van der Waals surface area contributed by atoms with Gasteiger partial charge in [0.2, 0.25) is 0 Å². The Morgan fingerprint density at radius 1 is 0.250 bits per heavy atom. The van der Waals surface area contributed by atoms with Gasteiger partial charge in [0.15, 0.2) is 0 Å². The van der Waals surface area contributed by atoms with Crippen LogP contribution in [0.2, 0.25) is 0 Å². The smallest absolute Gasteiger partial charge is 0.0470 e. The van der Waals surface area contributed by atoms with E-state index in [0.717, 1.165) is 0 Å². The van der Waals surface area contributed by atoms with Crippen molar-refractivity contribution < 1.29 is 0 Å². The molecule has 0 atom stereocenters. The lowest BCUT2D eigenvalue weighted by molar-refractivity contribution is 1.64. The zero-order valence-electron chi connectivity index (χ0n) is 12.6. The Morgan fingerprint density at radius 2 is 0.312 bits per heavy atom. The molecule has 0 aliphatic heterocycles. The van der Waals surface area contributed by atoms with Crippen molar-refractivity contribution in [3.63, 3.8) is 0 Å². The highest BCUT2D eigenvalue weighted by molar-refractivity contribution is 4.69. The van der Waals surface area contributed by atoms with Gasteiger partial charge in [-0.15, -0.1) is 0 Å². The molecule has 16 heavy (non-hydrogen) atoms. The van der Waals surface area contributed by atoms with Gasteiger partial charge < -0.3 is 0 Å². The minimum absolute atomic E-state index is 2.00. The van der Waals surface area contributed by atoms with E-state index in [-0.39, 0.29) is 0 Å².